The number of halogens is 2. The van der Waals surface area contributed by atoms with Crippen molar-refractivity contribution in [2.45, 2.75) is 13.5 Å². The number of hydrogen-bond donors (Lipinski definition) is 1. The highest BCUT2D eigenvalue weighted by Crippen LogP contribution is 2.26. The Balaban J connectivity index is 1.54. The fourth-order valence-electron chi connectivity index (χ4n) is 3.01. The molecule has 4 aromatic heterocycles. The molecule has 1 aromatic carbocycles. The minimum Gasteiger partial charge on any atom is -0.408 e. The number of hydrogen-bond acceptors (Lipinski definition) is 9. The molecule has 0 spiro atoms. The van der Waals surface area contributed by atoms with E-state index in [1.165, 1.54) is 12.3 Å². The Morgan fingerprint density at radius 3 is 2.69 bits per heavy atom. The number of nitrogens with zero attached hydrogens (tertiary/aromatic N) is 7. The van der Waals surface area contributed by atoms with Gasteiger partial charge in [0.1, 0.15) is 23.5 Å². The largest absolute Gasteiger partial charge is 0.408 e. The van der Waals surface area contributed by atoms with Gasteiger partial charge in [0, 0.05) is 18.6 Å². The molecule has 0 fully saturated rings. The summed E-state index contributed by atoms with van der Waals surface area (Å²) in [7, 11) is 0. The molecule has 32 heavy (non-hydrogen) atoms. The van der Waals surface area contributed by atoms with Gasteiger partial charge in [-0.05, 0) is 12.1 Å². The highest BCUT2D eigenvalue weighted by Gasteiger charge is 2.19. The molecule has 5 rings (SSSR count). The third-order valence-corrected chi connectivity index (χ3v) is 4.48. The van der Waals surface area contributed by atoms with Gasteiger partial charge in [-0.25, -0.2) is 18.7 Å². The zero-order chi connectivity index (χ0) is 22.1. The predicted molar refractivity (Wildman–Crippen MR) is 107 cm³/mol. The van der Waals surface area contributed by atoms with E-state index in [1.807, 2.05) is 0 Å². The fraction of sp³-hybridized carbons (Fsp3) is 0.100. The molecule has 160 valence electrons. The van der Waals surface area contributed by atoms with E-state index in [1.54, 1.807) is 41.9 Å². The Labute approximate surface area is 178 Å². The summed E-state index contributed by atoms with van der Waals surface area (Å²) >= 11 is 0. The Bertz CT molecular complexity index is 1380. The number of nitrogens with one attached hydrogen (secondary N) is 1. The maximum absolute atomic E-state index is 14.3. The molecule has 0 radical (unpaired) electrons. The first kappa shape index (κ1) is 19.5. The zero-order valence-electron chi connectivity index (χ0n) is 16.5. The SMILES string of the molecule is Cc1nnc(Nc2nc(-c3cc(-c4ccon4)n(Cc4ccccc4F)n3)ncc2F)o1. The van der Waals surface area contributed by atoms with Crippen molar-refractivity contribution in [3.05, 3.63) is 71.9 Å². The minimum absolute atomic E-state index is 0.0144. The lowest BCUT2D eigenvalue weighted by atomic mass is 10.2. The summed E-state index contributed by atoms with van der Waals surface area (Å²) in [5.41, 5.74) is 1.79. The lowest BCUT2D eigenvalue weighted by Gasteiger charge is -2.06. The first-order valence-corrected chi connectivity index (χ1v) is 9.39. The van der Waals surface area contributed by atoms with Gasteiger partial charge in [0.15, 0.2) is 17.5 Å². The van der Waals surface area contributed by atoms with Crippen molar-refractivity contribution >= 4 is 11.8 Å². The van der Waals surface area contributed by atoms with Crippen molar-refractivity contribution in [3.8, 4) is 22.9 Å². The molecule has 12 heteroatoms. The normalized spacial score (nSPS) is 11.1. The van der Waals surface area contributed by atoms with Crippen LogP contribution >= 0.6 is 0 Å². The van der Waals surface area contributed by atoms with Crippen molar-refractivity contribution in [3.63, 3.8) is 0 Å². The van der Waals surface area contributed by atoms with Crippen LogP contribution < -0.4 is 5.32 Å². The molecular weight excluding hydrogens is 422 g/mol. The summed E-state index contributed by atoms with van der Waals surface area (Å²) in [6.45, 7) is 1.73. The first-order valence-electron chi connectivity index (χ1n) is 9.39. The average Bonchev–Trinajstić information content (AvgIpc) is 3.53. The van der Waals surface area contributed by atoms with E-state index < -0.39 is 5.82 Å². The number of rotatable bonds is 6. The van der Waals surface area contributed by atoms with Gasteiger partial charge in [-0.2, -0.15) is 5.10 Å². The molecular formula is C20H14F2N8O2. The third-order valence-electron chi connectivity index (χ3n) is 4.48. The average molecular weight is 436 g/mol. The molecule has 0 saturated carbocycles. The van der Waals surface area contributed by atoms with Gasteiger partial charge in [-0.3, -0.25) is 10.00 Å². The summed E-state index contributed by atoms with van der Waals surface area (Å²) in [5, 5.41) is 18.5. The van der Waals surface area contributed by atoms with E-state index in [9.17, 15) is 8.78 Å². The standard InChI is InChI=1S/C20H14F2N8O2/c1-11-26-27-20(32-11)25-18-14(22)9-23-19(24-18)16-8-17(15-6-7-31-29-15)30(28-16)10-12-4-2-3-5-13(12)21/h2-9H,10H2,1H3,(H,23,24,25,27). The van der Waals surface area contributed by atoms with E-state index in [0.29, 0.717) is 28.5 Å². The minimum atomic E-state index is -0.716. The maximum Gasteiger partial charge on any atom is 0.321 e. The molecule has 0 saturated heterocycles. The molecule has 0 aliphatic rings. The van der Waals surface area contributed by atoms with Crippen LogP contribution in [-0.4, -0.2) is 35.1 Å². The molecule has 0 atom stereocenters. The molecule has 1 N–H and O–H groups in total. The summed E-state index contributed by atoms with van der Waals surface area (Å²) in [5.74, 6) is -0.805. The van der Waals surface area contributed by atoms with Crippen molar-refractivity contribution in [1.29, 1.82) is 0 Å². The van der Waals surface area contributed by atoms with Crippen LogP contribution in [0.15, 0.2) is 57.8 Å². The van der Waals surface area contributed by atoms with E-state index in [4.69, 9.17) is 8.94 Å². The van der Waals surface area contributed by atoms with E-state index in [2.05, 4.69) is 35.7 Å². The molecule has 0 aliphatic carbocycles. The van der Waals surface area contributed by atoms with E-state index >= 15 is 0 Å². The van der Waals surface area contributed by atoms with Crippen LogP contribution in [0, 0.1) is 18.6 Å². The summed E-state index contributed by atoms with van der Waals surface area (Å²) in [4.78, 5) is 8.22. The topological polar surface area (TPSA) is 121 Å². The van der Waals surface area contributed by atoms with E-state index in [-0.39, 0.29) is 30.0 Å². The molecule has 10 nitrogen and oxygen atoms in total. The summed E-state index contributed by atoms with van der Waals surface area (Å²) in [6.07, 6.45) is 2.41. The van der Waals surface area contributed by atoms with Crippen molar-refractivity contribution in [2.24, 2.45) is 0 Å². The van der Waals surface area contributed by atoms with Gasteiger partial charge in [0.25, 0.3) is 0 Å². The number of anilines is 2. The fourth-order valence-corrected chi connectivity index (χ4v) is 3.01. The quantitative estimate of drug-likeness (QED) is 0.424. The molecule has 0 amide bonds. The molecule has 5 aromatic rings. The van der Waals surface area contributed by atoms with Crippen LogP contribution in [0.3, 0.4) is 0 Å². The summed E-state index contributed by atoms with van der Waals surface area (Å²) in [6, 6.07) is 9.67. The maximum atomic E-state index is 14.3. The van der Waals surface area contributed by atoms with Crippen molar-refractivity contribution in [1.82, 2.24) is 35.1 Å². The van der Waals surface area contributed by atoms with Crippen LogP contribution in [0.2, 0.25) is 0 Å². The number of aryl methyl sites for hydroxylation is 1. The van der Waals surface area contributed by atoms with E-state index in [0.717, 1.165) is 6.20 Å². The molecule has 4 heterocycles. The van der Waals surface area contributed by atoms with Gasteiger partial charge in [0.2, 0.25) is 5.89 Å². The van der Waals surface area contributed by atoms with Gasteiger partial charge < -0.3 is 8.94 Å². The lowest BCUT2D eigenvalue weighted by Crippen LogP contribution is -2.06. The predicted octanol–water partition coefficient (Wildman–Crippen LogP) is 3.76. The zero-order valence-corrected chi connectivity index (χ0v) is 16.5. The van der Waals surface area contributed by atoms with Crippen LogP contribution in [0.5, 0.6) is 0 Å². The number of benzene rings is 1. The van der Waals surface area contributed by atoms with Gasteiger partial charge in [-0.15, -0.1) is 5.10 Å². The van der Waals surface area contributed by atoms with Crippen molar-refractivity contribution in [2.75, 3.05) is 5.32 Å². The second-order valence-electron chi connectivity index (χ2n) is 6.69. The van der Waals surface area contributed by atoms with Crippen LogP contribution in [0.4, 0.5) is 20.6 Å². The highest BCUT2D eigenvalue weighted by molar-refractivity contribution is 5.63. The second kappa shape index (κ2) is 7.98. The summed E-state index contributed by atoms with van der Waals surface area (Å²) < 4.78 is 40.2. The Morgan fingerprint density at radius 2 is 1.94 bits per heavy atom. The number of aromatic nitrogens is 7. The first-order chi connectivity index (χ1) is 15.6. The monoisotopic (exact) mass is 436 g/mol. The molecule has 0 bridgehead atoms. The van der Waals surface area contributed by atoms with Crippen LogP contribution in [0.1, 0.15) is 11.5 Å². The van der Waals surface area contributed by atoms with Gasteiger partial charge in [0.05, 0.1) is 18.4 Å². The second-order valence-corrected chi connectivity index (χ2v) is 6.69. The van der Waals surface area contributed by atoms with Crippen LogP contribution in [0.25, 0.3) is 22.9 Å². The lowest BCUT2D eigenvalue weighted by molar-refractivity contribution is 0.421. The highest BCUT2D eigenvalue weighted by atomic mass is 19.1. The Morgan fingerprint density at radius 1 is 1.06 bits per heavy atom. The van der Waals surface area contributed by atoms with Crippen LogP contribution in [-0.2, 0) is 6.54 Å². The molecule has 0 aliphatic heterocycles. The molecule has 0 unspecified atom stereocenters. The Hall–Kier alpha value is -4.48. The smallest absolute Gasteiger partial charge is 0.321 e. The Kier molecular flexibility index (Phi) is 4.86. The third kappa shape index (κ3) is 3.80. The van der Waals surface area contributed by atoms with Gasteiger partial charge >= 0.3 is 6.01 Å². The van der Waals surface area contributed by atoms with Gasteiger partial charge in [-0.1, -0.05) is 28.5 Å². The van der Waals surface area contributed by atoms with Crippen molar-refractivity contribution < 1.29 is 17.7 Å².